The minimum absolute atomic E-state index is 0.0416. The molecule has 0 spiro atoms. The Morgan fingerprint density at radius 1 is 1.37 bits per heavy atom. The quantitative estimate of drug-likeness (QED) is 0.888. The molecule has 0 aliphatic heterocycles. The average Bonchev–Trinajstić information content (AvgIpc) is 2.30. The van der Waals surface area contributed by atoms with Crippen LogP contribution in [-0.2, 0) is 10.8 Å². The van der Waals surface area contributed by atoms with Crippen molar-refractivity contribution < 1.29 is 14.1 Å². The molecule has 19 heavy (non-hydrogen) atoms. The summed E-state index contributed by atoms with van der Waals surface area (Å²) in [7, 11) is -0.997. The monoisotopic (exact) mass is 283 g/mol. The fourth-order valence-corrected chi connectivity index (χ4v) is 2.39. The fraction of sp³-hybridized carbons (Fsp3) is 0.500. The molecule has 1 atom stereocenters. The van der Waals surface area contributed by atoms with Crippen LogP contribution in [0.15, 0.2) is 18.2 Å². The van der Waals surface area contributed by atoms with E-state index >= 15 is 0 Å². The Hall–Kier alpha value is -1.36. The lowest BCUT2D eigenvalue weighted by Gasteiger charge is -2.17. The van der Waals surface area contributed by atoms with E-state index in [1.807, 2.05) is 27.7 Å². The largest absolute Gasteiger partial charge is 0.507 e. The van der Waals surface area contributed by atoms with Gasteiger partial charge in [0.1, 0.15) is 5.75 Å². The van der Waals surface area contributed by atoms with E-state index in [9.17, 15) is 14.1 Å². The number of rotatable bonds is 4. The zero-order chi connectivity index (χ0) is 14.6. The van der Waals surface area contributed by atoms with Gasteiger partial charge in [0.05, 0.1) is 5.56 Å². The standard InChI is InChI=1S/C14H21NO3S/c1-10-5-6-12(16)11(9-10)13(17)15-7-8-19(18)14(2,3)4/h5-6,9,16H,7-8H2,1-4H3,(H,15,17). The van der Waals surface area contributed by atoms with Crippen LogP contribution in [0.4, 0.5) is 0 Å². The van der Waals surface area contributed by atoms with Crippen molar-refractivity contribution in [2.75, 3.05) is 12.3 Å². The van der Waals surface area contributed by atoms with E-state index in [0.717, 1.165) is 5.56 Å². The molecule has 0 aliphatic carbocycles. The first-order chi connectivity index (χ1) is 8.71. The molecule has 1 rings (SSSR count). The van der Waals surface area contributed by atoms with Crippen molar-refractivity contribution in [3.8, 4) is 5.75 Å². The Labute approximate surface area is 116 Å². The van der Waals surface area contributed by atoms with E-state index in [-0.39, 0.29) is 22.0 Å². The lowest BCUT2D eigenvalue weighted by molar-refractivity contribution is 0.0953. The topological polar surface area (TPSA) is 66.4 Å². The number of nitrogens with one attached hydrogen (secondary N) is 1. The summed E-state index contributed by atoms with van der Waals surface area (Å²) in [6.07, 6.45) is 0. The molecule has 0 saturated heterocycles. The number of hydrogen-bond donors (Lipinski definition) is 2. The number of carbonyl (C=O) groups excluding carboxylic acids is 1. The van der Waals surface area contributed by atoms with Gasteiger partial charge in [0.15, 0.2) is 0 Å². The molecule has 0 radical (unpaired) electrons. The fourth-order valence-electron chi connectivity index (χ4n) is 1.49. The van der Waals surface area contributed by atoms with Crippen LogP contribution in [-0.4, -0.2) is 32.3 Å². The Bertz CT molecular complexity index is 492. The van der Waals surface area contributed by atoms with Crippen molar-refractivity contribution in [2.45, 2.75) is 32.4 Å². The Balaban J connectivity index is 2.57. The second kappa shape index (κ2) is 6.19. The van der Waals surface area contributed by atoms with Gasteiger partial charge in [0.25, 0.3) is 5.91 Å². The SMILES string of the molecule is Cc1ccc(O)c(C(=O)NCCS(=O)C(C)(C)C)c1. The molecular formula is C14H21NO3S. The van der Waals surface area contributed by atoms with Crippen LogP contribution in [0.25, 0.3) is 0 Å². The second-order valence-electron chi connectivity index (χ2n) is 5.44. The van der Waals surface area contributed by atoms with Gasteiger partial charge in [-0.25, -0.2) is 0 Å². The van der Waals surface area contributed by atoms with Crippen LogP contribution in [0.2, 0.25) is 0 Å². The van der Waals surface area contributed by atoms with Crippen LogP contribution in [0, 0.1) is 6.92 Å². The molecule has 0 aliphatic rings. The van der Waals surface area contributed by atoms with Crippen molar-refractivity contribution in [3.05, 3.63) is 29.3 Å². The number of carbonyl (C=O) groups is 1. The number of aromatic hydroxyl groups is 1. The summed E-state index contributed by atoms with van der Waals surface area (Å²) in [5, 5.41) is 12.3. The van der Waals surface area contributed by atoms with Crippen LogP contribution < -0.4 is 5.32 Å². The molecule has 2 N–H and O–H groups in total. The molecule has 0 fully saturated rings. The summed E-state index contributed by atoms with van der Waals surface area (Å²) in [5.74, 6) is 0.0223. The van der Waals surface area contributed by atoms with Gasteiger partial charge in [-0.3, -0.25) is 9.00 Å². The number of phenols is 1. The lowest BCUT2D eigenvalue weighted by atomic mass is 10.1. The minimum Gasteiger partial charge on any atom is -0.507 e. The highest BCUT2D eigenvalue weighted by Crippen LogP contribution is 2.17. The van der Waals surface area contributed by atoms with E-state index < -0.39 is 10.8 Å². The van der Waals surface area contributed by atoms with Gasteiger partial charge in [-0.15, -0.1) is 0 Å². The first kappa shape index (κ1) is 15.7. The van der Waals surface area contributed by atoms with Crippen LogP contribution >= 0.6 is 0 Å². The molecule has 0 saturated carbocycles. The zero-order valence-electron chi connectivity index (χ0n) is 11.8. The van der Waals surface area contributed by atoms with E-state index in [1.54, 1.807) is 12.1 Å². The van der Waals surface area contributed by atoms with Crippen LogP contribution in [0.5, 0.6) is 5.75 Å². The average molecular weight is 283 g/mol. The number of benzene rings is 1. The van der Waals surface area contributed by atoms with Gasteiger partial charge in [-0.2, -0.15) is 0 Å². The first-order valence-electron chi connectivity index (χ1n) is 6.18. The molecule has 106 valence electrons. The number of amides is 1. The second-order valence-corrected chi connectivity index (χ2v) is 7.76. The molecule has 1 aromatic rings. The zero-order valence-corrected chi connectivity index (χ0v) is 12.6. The van der Waals surface area contributed by atoms with Crippen molar-refractivity contribution >= 4 is 16.7 Å². The minimum atomic E-state index is -0.997. The molecule has 4 nitrogen and oxygen atoms in total. The molecule has 0 aromatic heterocycles. The molecule has 0 heterocycles. The maximum absolute atomic E-state index is 11.9. The highest BCUT2D eigenvalue weighted by Gasteiger charge is 2.19. The Morgan fingerprint density at radius 2 is 2.00 bits per heavy atom. The molecular weight excluding hydrogens is 262 g/mol. The van der Waals surface area contributed by atoms with Crippen molar-refractivity contribution in [1.82, 2.24) is 5.32 Å². The summed E-state index contributed by atoms with van der Waals surface area (Å²) >= 11 is 0. The predicted molar refractivity (Wildman–Crippen MR) is 77.9 cm³/mol. The maximum Gasteiger partial charge on any atom is 0.255 e. The van der Waals surface area contributed by atoms with E-state index in [1.165, 1.54) is 6.07 Å². The predicted octanol–water partition coefficient (Wildman–Crippen LogP) is 1.98. The van der Waals surface area contributed by atoms with Crippen LogP contribution in [0.1, 0.15) is 36.7 Å². The summed E-state index contributed by atoms with van der Waals surface area (Å²) in [5.41, 5.74) is 1.16. The molecule has 1 unspecified atom stereocenters. The first-order valence-corrected chi connectivity index (χ1v) is 7.50. The van der Waals surface area contributed by atoms with Gasteiger partial charge in [-0.1, -0.05) is 11.6 Å². The van der Waals surface area contributed by atoms with Crippen molar-refractivity contribution in [2.24, 2.45) is 0 Å². The Kier molecular flexibility index (Phi) is 5.11. The van der Waals surface area contributed by atoms with Gasteiger partial charge in [0.2, 0.25) is 0 Å². The summed E-state index contributed by atoms with van der Waals surface area (Å²) in [6, 6.07) is 4.86. The number of hydrogen-bond acceptors (Lipinski definition) is 3. The molecule has 1 aromatic carbocycles. The number of phenolic OH excluding ortho intramolecular Hbond substituents is 1. The molecule has 1 amide bonds. The third kappa shape index (κ3) is 4.67. The van der Waals surface area contributed by atoms with Crippen molar-refractivity contribution in [3.63, 3.8) is 0 Å². The van der Waals surface area contributed by atoms with Gasteiger partial charge in [0, 0.05) is 27.8 Å². The van der Waals surface area contributed by atoms with Gasteiger partial charge in [-0.05, 0) is 39.8 Å². The van der Waals surface area contributed by atoms with Crippen molar-refractivity contribution in [1.29, 1.82) is 0 Å². The summed E-state index contributed by atoms with van der Waals surface area (Å²) in [6.45, 7) is 7.88. The van der Waals surface area contributed by atoms with E-state index in [2.05, 4.69) is 5.32 Å². The third-order valence-corrected chi connectivity index (χ3v) is 4.59. The molecule has 0 bridgehead atoms. The highest BCUT2D eigenvalue weighted by molar-refractivity contribution is 7.86. The summed E-state index contributed by atoms with van der Waals surface area (Å²) < 4.78 is 11.5. The summed E-state index contributed by atoms with van der Waals surface area (Å²) in [4.78, 5) is 11.9. The molecule has 5 heteroatoms. The van der Waals surface area contributed by atoms with E-state index in [4.69, 9.17) is 0 Å². The third-order valence-electron chi connectivity index (χ3n) is 2.65. The van der Waals surface area contributed by atoms with Crippen LogP contribution in [0.3, 0.4) is 0 Å². The van der Waals surface area contributed by atoms with Gasteiger partial charge < -0.3 is 10.4 Å². The highest BCUT2D eigenvalue weighted by atomic mass is 32.2. The number of aryl methyl sites for hydroxylation is 1. The Morgan fingerprint density at radius 3 is 2.58 bits per heavy atom. The van der Waals surface area contributed by atoms with E-state index in [0.29, 0.717) is 12.3 Å². The normalized spacial score (nSPS) is 13.1. The van der Waals surface area contributed by atoms with Gasteiger partial charge >= 0.3 is 0 Å². The smallest absolute Gasteiger partial charge is 0.255 e. The maximum atomic E-state index is 11.9. The lowest BCUT2D eigenvalue weighted by Crippen LogP contribution is -2.32.